The average Bonchev–Trinajstić information content (AvgIpc) is 2.67. The highest BCUT2D eigenvalue weighted by Gasteiger charge is 2.26. The molecule has 31 heavy (non-hydrogen) atoms. The van der Waals surface area contributed by atoms with Crippen LogP contribution >= 0.6 is 0 Å². The lowest BCUT2D eigenvalue weighted by Gasteiger charge is -2.35. The Balaban J connectivity index is 1.64. The first kappa shape index (κ1) is 23.0. The Hall–Kier alpha value is -2.67. The van der Waals surface area contributed by atoms with E-state index in [1.165, 1.54) is 0 Å². The number of carbonyl (C=O) groups excluding carboxylic acids is 2. The number of hydrogen-bond acceptors (Lipinski definition) is 4. The topological polar surface area (TPSA) is 83.5 Å². The third-order valence-electron chi connectivity index (χ3n) is 5.40. The van der Waals surface area contributed by atoms with Gasteiger partial charge in [-0.05, 0) is 55.0 Å². The molecule has 3 rings (SSSR count). The van der Waals surface area contributed by atoms with Crippen molar-refractivity contribution in [3.05, 3.63) is 65.2 Å². The highest BCUT2D eigenvalue weighted by molar-refractivity contribution is 7.91. The summed E-state index contributed by atoms with van der Waals surface area (Å²) < 4.78 is 25.1. The standard InChI is InChI=1S/C24H30N2O4S/c1-17-7-9-22(10-8-17)25-23(27)16-31(29,30)15-20-5-4-6-21(12-20)24(28)26-13-18(2)11-19(3)14-26/h4-10,12,18-19H,11,13-16H2,1-3H3,(H,25,27). The number of benzene rings is 2. The minimum Gasteiger partial charge on any atom is -0.338 e. The van der Waals surface area contributed by atoms with Crippen LogP contribution in [0.5, 0.6) is 0 Å². The van der Waals surface area contributed by atoms with Crippen LogP contribution in [0.4, 0.5) is 5.69 Å². The fourth-order valence-corrected chi connectivity index (χ4v) is 5.41. The molecule has 1 aliphatic heterocycles. The minimum absolute atomic E-state index is 0.0743. The third kappa shape index (κ3) is 6.66. The molecule has 2 amide bonds. The molecule has 1 aliphatic rings. The number of anilines is 1. The summed E-state index contributed by atoms with van der Waals surface area (Å²) in [5.41, 5.74) is 2.60. The Morgan fingerprint density at radius 3 is 2.32 bits per heavy atom. The predicted octanol–water partition coefficient (Wildman–Crippen LogP) is 3.67. The monoisotopic (exact) mass is 442 g/mol. The molecule has 1 heterocycles. The van der Waals surface area contributed by atoms with E-state index in [1.54, 1.807) is 36.4 Å². The van der Waals surface area contributed by atoms with Crippen LogP contribution in [0.2, 0.25) is 0 Å². The summed E-state index contributed by atoms with van der Waals surface area (Å²) in [7, 11) is -3.68. The second kappa shape index (κ2) is 9.64. The quantitative estimate of drug-likeness (QED) is 0.740. The van der Waals surface area contributed by atoms with E-state index in [1.807, 2.05) is 24.0 Å². The van der Waals surface area contributed by atoms with Crippen LogP contribution in [0.3, 0.4) is 0 Å². The van der Waals surface area contributed by atoms with E-state index in [-0.39, 0.29) is 11.7 Å². The molecule has 0 spiro atoms. The molecule has 2 atom stereocenters. The molecule has 2 aromatic rings. The van der Waals surface area contributed by atoms with Crippen molar-refractivity contribution in [3.63, 3.8) is 0 Å². The van der Waals surface area contributed by atoms with E-state index in [9.17, 15) is 18.0 Å². The SMILES string of the molecule is Cc1ccc(NC(=O)CS(=O)(=O)Cc2cccc(C(=O)N3CC(C)CC(C)C3)c2)cc1. The van der Waals surface area contributed by atoms with E-state index in [2.05, 4.69) is 19.2 Å². The molecule has 0 radical (unpaired) electrons. The smallest absolute Gasteiger partial charge is 0.253 e. The van der Waals surface area contributed by atoms with Crippen molar-refractivity contribution in [2.24, 2.45) is 11.8 Å². The van der Waals surface area contributed by atoms with Gasteiger partial charge in [-0.2, -0.15) is 0 Å². The van der Waals surface area contributed by atoms with Gasteiger partial charge in [-0.25, -0.2) is 8.42 Å². The van der Waals surface area contributed by atoms with Crippen molar-refractivity contribution >= 4 is 27.3 Å². The first-order valence-electron chi connectivity index (χ1n) is 10.6. The largest absolute Gasteiger partial charge is 0.338 e. The molecular weight excluding hydrogens is 412 g/mol. The maximum atomic E-state index is 12.9. The first-order valence-corrected chi connectivity index (χ1v) is 12.4. The molecule has 1 N–H and O–H groups in total. The molecule has 0 aromatic heterocycles. The van der Waals surface area contributed by atoms with Crippen molar-refractivity contribution in [1.82, 2.24) is 4.90 Å². The lowest BCUT2D eigenvalue weighted by atomic mass is 9.91. The Morgan fingerprint density at radius 2 is 1.68 bits per heavy atom. The lowest BCUT2D eigenvalue weighted by Crippen LogP contribution is -2.42. The van der Waals surface area contributed by atoms with Gasteiger partial charge in [0.2, 0.25) is 5.91 Å². The summed E-state index contributed by atoms with van der Waals surface area (Å²) in [4.78, 5) is 27.0. The van der Waals surface area contributed by atoms with Crippen LogP contribution in [0.25, 0.3) is 0 Å². The molecule has 1 saturated heterocycles. The number of piperidine rings is 1. The third-order valence-corrected chi connectivity index (χ3v) is 6.88. The summed E-state index contributed by atoms with van der Waals surface area (Å²) in [5.74, 6) is -0.656. The van der Waals surface area contributed by atoms with Gasteiger partial charge in [0.05, 0.1) is 5.75 Å². The van der Waals surface area contributed by atoms with Crippen LogP contribution in [0.15, 0.2) is 48.5 Å². The number of nitrogens with zero attached hydrogens (tertiary/aromatic N) is 1. The van der Waals surface area contributed by atoms with Crippen molar-refractivity contribution < 1.29 is 18.0 Å². The number of likely N-dealkylation sites (tertiary alicyclic amines) is 1. The van der Waals surface area contributed by atoms with Gasteiger partial charge in [-0.15, -0.1) is 0 Å². The Bertz CT molecular complexity index is 1040. The second-order valence-corrected chi connectivity index (χ2v) is 10.9. The normalized spacial score (nSPS) is 19.1. The van der Waals surface area contributed by atoms with Crippen molar-refractivity contribution in [2.75, 3.05) is 24.2 Å². The number of nitrogens with one attached hydrogen (secondary N) is 1. The molecule has 0 bridgehead atoms. The second-order valence-electron chi connectivity index (χ2n) is 8.80. The lowest BCUT2D eigenvalue weighted by molar-refractivity contribution is -0.113. The van der Waals surface area contributed by atoms with Crippen LogP contribution < -0.4 is 5.32 Å². The summed E-state index contributed by atoms with van der Waals surface area (Å²) in [5, 5.41) is 2.61. The number of rotatable bonds is 6. The molecule has 166 valence electrons. The fourth-order valence-electron chi connectivity index (χ4n) is 4.14. The van der Waals surface area contributed by atoms with Gasteiger partial charge < -0.3 is 10.2 Å². The average molecular weight is 443 g/mol. The molecule has 0 saturated carbocycles. The van der Waals surface area contributed by atoms with Gasteiger partial charge in [0, 0.05) is 24.3 Å². The Labute approximate surface area is 184 Å². The van der Waals surface area contributed by atoms with E-state index in [0.29, 0.717) is 41.7 Å². The van der Waals surface area contributed by atoms with Crippen LogP contribution in [-0.4, -0.2) is 44.0 Å². The molecule has 2 aromatic carbocycles. The highest BCUT2D eigenvalue weighted by atomic mass is 32.2. The van der Waals surface area contributed by atoms with Gasteiger partial charge in [0.1, 0.15) is 5.75 Å². The van der Waals surface area contributed by atoms with E-state index in [0.717, 1.165) is 12.0 Å². The number of aryl methyl sites for hydroxylation is 1. The summed E-state index contributed by atoms with van der Waals surface area (Å²) >= 11 is 0. The molecule has 7 heteroatoms. The van der Waals surface area contributed by atoms with Crippen LogP contribution in [-0.2, 0) is 20.4 Å². The first-order chi connectivity index (χ1) is 14.6. The molecule has 6 nitrogen and oxygen atoms in total. The number of sulfone groups is 1. The zero-order valence-electron chi connectivity index (χ0n) is 18.3. The van der Waals surface area contributed by atoms with E-state index < -0.39 is 21.5 Å². The van der Waals surface area contributed by atoms with Crippen LogP contribution in [0.1, 0.15) is 41.8 Å². The predicted molar refractivity (Wildman–Crippen MR) is 123 cm³/mol. The maximum Gasteiger partial charge on any atom is 0.253 e. The number of hydrogen-bond donors (Lipinski definition) is 1. The molecule has 1 fully saturated rings. The maximum absolute atomic E-state index is 12.9. The summed E-state index contributed by atoms with van der Waals surface area (Å²) in [6, 6.07) is 13.9. The van der Waals surface area contributed by atoms with Gasteiger partial charge in [0.15, 0.2) is 9.84 Å². The van der Waals surface area contributed by atoms with Gasteiger partial charge in [0.25, 0.3) is 5.91 Å². The fraction of sp³-hybridized carbons (Fsp3) is 0.417. The highest BCUT2D eigenvalue weighted by Crippen LogP contribution is 2.23. The van der Waals surface area contributed by atoms with Gasteiger partial charge >= 0.3 is 0 Å². The Morgan fingerprint density at radius 1 is 1.03 bits per heavy atom. The van der Waals surface area contributed by atoms with Crippen molar-refractivity contribution in [1.29, 1.82) is 0 Å². The summed E-state index contributed by atoms with van der Waals surface area (Å²) in [6.45, 7) is 7.64. The van der Waals surface area contributed by atoms with Gasteiger partial charge in [-0.3, -0.25) is 9.59 Å². The van der Waals surface area contributed by atoms with Gasteiger partial charge in [-0.1, -0.05) is 43.7 Å². The Kier molecular flexibility index (Phi) is 7.15. The molecular formula is C24H30N2O4S. The van der Waals surface area contributed by atoms with Crippen molar-refractivity contribution in [3.8, 4) is 0 Å². The van der Waals surface area contributed by atoms with E-state index in [4.69, 9.17) is 0 Å². The van der Waals surface area contributed by atoms with Crippen LogP contribution in [0, 0.1) is 18.8 Å². The molecule has 0 aliphatic carbocycles. The number of amides is 2. The zero-order valence-corrected chi connectivity index (χ0v) is 19.1. The minimum atomic E-state index is -3.68. The van der Waals surface area contributed by atoms with Crippen molar-refractivity contribution in [2.45, 2.75) is 32.9 Å². The number of carbonyl (C=O) groups is 2. The summed E-state index contributed by atoms with van der Waals surface area (Å²) in [6.07, 6.45) is 1.10. The molecule has 2 unspecified atom stereocenters. The van der Waals surface area contributed by atoms with E-state index >= 15 is 0 Å². The zero-order chi connectivity index (χ0) is 22.6.